The Morgan fingerprint density at radius 2 is 0.851 bits per heavy atom. The van der Waals surface area contributed by atoms with E-state index < -0.39 is 20.0 Å². The molecule has 0 aromatic heterocycles. The number of hydrogen-bond donors (Lipinski definition) is 3. The monoisotopic (exact) mass is 966 g/mol. The molecule has 67 heavy (non-hydrogen) atoms. The molecule has 0 saturated heterocycles. The number of likely N-dealkylation sites (N-methyl/N-ethyl adjacent to an activating group) is 1. The number of aliphatic hydroxyl groups excluding tert-OH is 1. The largest absolute Gasteiger partial charge is 0.472 e. The summed E-state index contributed by atoms with van der Waals surface area (Å²) in [5.74, 6) is -0.175. The molecule has 8 nitrogen and oxygen atoms in total. The molecule has 0 saturated carbocycles. The molecule has 0 aliphatic carbocycles. The number of hydrogen-bond acceptors (Lipinski definition) is 5. The fraction of sp³-hybridized carbons (Fsp3) is 0.879. The van der Waals surface area contributed by atoms with Crippen LogP contribution in [0.4, 0.5) is 0 Å². The Morgan fingerprint density at radius 1 is 0.507 bits per heavy atom. The number of unbranched alkanes of at least 4 members (excludes halogenated alkanes) is 36. The highest BCUT2D eigenvalue weighted by molar-refractivity contribution is 7.47. The van der Waals surface area contributed by atoms with Crippen LogP contribution in [0.1, 0.15) is 277 Å². The minimum Gasteiger partial charge on any atom is -0.387 e. The predicted octanol–water partition coefficient (Wildman–Crippen LogP) is 17.4. The lowest BCUT2D eigenvalue weighted by molar-refractivity contribution is -0.870. The van der Waals surface area contributed by atoms with Gasteiger partial charge in [0.05, 0.1) is 39.9 Å². The summed E-state index contributed by atoms with van der Waals surface area (Å²) in [5, 5.41) is 13.9. The smallest absolute Gasteiger partial charge is 0.387 e. The van der Waals surface area contributed by atoms with E-state index in [0.717, 1.165) is 44.9 Å². The Labute approximate surface area is 417 Å². The molecule has 396 valence electrons. The normalized spacial score (nSPS) is 14.2. The average molecular weight is 967 g/mol. The number of allylic oxidation sites excluding steroid dienone is 5. The maximum absolute atomic E-state index is 13.0. The van der Waals surface area contributed by atoms with Gasteiger partial charge in [0, 0.05) is 6.42 Å². The minimum absolute atomic E-state index is 0.0624. The summed E-state index contributed by atoms with van der Waals surface area (Å²) in [4.78, 5) is 23.3. The van der Waals surface area contributed by atoms with Gasteiger partial charge in [-0.3, -0.25) is 13.8 Å². The minimum atomic E-state index is -4.34. The lowest BCUT2D eigenvalue weighted by atomic mass is 10.0. The summed E-state index contributed by atoms with van der Waals surface area (Å²) >= 11 is 0. The maximum Gasteiger partial charge on any atom is 0.472 e. The number of phosphoric ester groups is 1. The van der Waals surface area contributed by atoms with E-state index in [1.54, 1.807) is 6.08 Å². The molecule has 3 N–H and O–H groups in total. The van der Waals surface area contributed by atoms with Gasteiger partial charge < -0.3 is 19.8 Å². The summed E-state index contributed by atoms with van der Waals surface area (Å²) in [6, 6.07) is -0.845. The van der Waals surface area contributed by atoms with E-state index in [-0.39, 0.29) is 19.1 Å². The third-order valence-corrected chi connectivity index (χ3v) is 14.1. The lowest BCUT2D eigenvalue weighted by Gasteiger charge is -2.25. The van der Waals surface area contributed by atoms with Crippen molar-refractivity contribution in [1.29, 1.82) is 0 Å². The van der Waals surface area contributed by atoms with E-state index in [1.807, 2.05) is 27.2 Å². The van der Waals surface area contributed by atoms with Gasteiger partial charge in [-0.25, -0.2) is 4.57 Å². The molecule has 0 spiro atoms. The molecule has 0 aromatic rings. The number of nitrogens with one attached hydrogen (secondary N) is 1. The van der Waals surface area contributed by atoms with Gasteiger partial charge in [0.2, 0.25) is 5.91 Å². The summed E-state index contributed by atoms with van der Waals surface area (Å²) < 4.78 is 23.7. The second-order valence-corrected chi connectivity index (χ2v) is 22.5. The Bertz CT molecular complexity index is 1190. The zero-order chi connectivity index (χ0) is 49.2. The fourth-order valence-electron chi connectivity index (χ4n) is 8.54. The fourth-order valence-corrected chi connectivity index (χ4v) is 9.28. The Balaban J connectivity index is 4.07. The number of carbonyl (C=O) groups excluding carboxylic acids is 1. The van der Waals surface area contributed by atoms with Crippen molar-refractivity contribution in [3.8, 4) is 0 Å². The van der Waals surface area contributed by atoms with Gasteiger partial charge in [0.1, 0.15) is 13.2 Å². The molecule has 0 aliphatic rings. The number of nitrogens with zero attached hydrogens (tertiary/aromatic N) is 1. The van der Waals surface area contributed by atoms with Gasteiger partial charge in [-0.1, -0.05) is 256 Å². The number of quaternary nitrogens is 1. The Kier molecular flexibility index (Phi) is 48.7. The van der Waals surface area contributed by atoms with Crippen molar-refractivity contribution in [2.24, 2.45) is 0 Å². The Hall–Kier alpha value is -1.28. The van der Waals surface area contributed by atoms with Crippen molar-refractivity contribution >= 4 is 13.7 Å². The van der Waals surface area contributed by atoms with E-state index in [9.17, 15) is 19.4 Å². The van der Waals surface area contributed by atoms with Gasteiger partial charge in [-0.2, -0.15) is 0 Å². The molecular weight excluding hydrogens is 852 g/mol. The summed E-state index contributed by atoms with van der Waals surface area (Å²) in [5.41, 5.74) is 0. The lowest BCUT2D eigenvalue weighted by Crippen LogP contribution is -2.45. The van der Waals surface area contributed by atoms with Crippen LogP contribution < -0.4 is 5.32 Å². The van der Waals surface area contributed by atoms with Crippen molar-refractivity contribution in [2.45, 2.75) is 289 Å². The van der Waals surface area contributed by atoms with Crippen LogP contribution in [0.25, 0.3) is 0 Å². The zero-order valence-corrected chi connectivity index (χ0v) is 46.0. The highest BCUT2D eigenvalue weighted by atomic mass is 31.2. The third kappa shape index (κ3) is 52.4. The first kappa shape index (κ1) is 65.7. The van der Waals surface area contributed by atoms with E-state index >= 15 is 0 Å². The zero-order valence-electron chi connectivity index (χ0n) is 45.2. The van der Waals surface area contributed by atoms with Crippen LogP contribution >= 0.6 is 7.82 Å². The van der Waals surface area contributed by atoms with Crippen LogP contribution in [-0.4, -0.2) is 73.4 Å². The molecule has 0 fully saturated rings. The number of amides is 1. The number of carbonyl (C=O) groups is 1. The van der Waals surface area contributed by atoms with Crippen molar-refractivity contribution in [3.05, 3.63) is 36.5 Å². The van der Waals surface area contributed by atoms with Gasteiger partial charge in [0.15, 0.2) is 0 Å². The molecule has 0 heterocycles. The molecule has 9 heteroatoms. The van der Waals surface area contributed by atoms with E-state index in [2.05, 4.69) is 43.5 Å². The van der Waals surface area contributed by atoms with Crippen LogP contribution in [0, 0.1) is 0 Å². The predicted molar refractivity (Wildman–Crippen MR) is 291 cm³/mol. The first-order valence-corrected chi connectivity index (χ1v) is 30.4. The average Bonchev–Trinajstić information content (AvgIpc) is 3.29. The number of phosphoric acid groups is 1. The molecule has 3 atom stereocenters. The molecule has 1 amide bonds. The van der Waals surface area contributed by atoms with Crippen molar-refractivity contribution in [3.63, 3.8) is 0 Å². The third-order valence-electron chi connectivity index (χ3n) is 13.1. The van der Waals surface area contributed by atoms with E-state index in [1.165, 1.54) is 212 Å². The molecule has 0 bridgehead atoms. The van der Waals surface area contributed by atoms with Crippen molar-refractivity contribution in [1.82, 2.24) is 5.32 Å². The molecule has 0 radical (unpaired) electrons. The molecule has 3 unspecified atom stereocenters. The number of aliphatic hydroxyl groups is 1. The first-order chi connectivity index (χ1) is 32.5. The van der Waals surface area contributed by atoms with Gasteiger partial charge in [-0.15, -0.1) is 0 Å². The van der Waals surface area contributed by atoms with Crippen molar-refractivity contribution < 1.29 is 32.9 Å². The molecule has 0 aromatic carbocycles. The SMILES string of the molecule is CCCCCCCCCCC/C=C\C/C=C\CCCCCCCCCCCCCCCCCC(=O)NC(COP(=O)(O)OCC[N+](C)(C)C)C(O)/C=C/CCCCCCCCCCCCCC. The summed E-state index contributed by atoms with van der Waals surface area (Å²) in [7, 11) is 1.58. The van der Waals surface area contributed by atoms with Crippen LogP contribution in [-0.2, 0) is 18.4 Å². The second-order valence-electron chi connectivity index (χ2n) is 21.0. The summed E-state index contributed by atoms with van der Waals surface area (Å²) in [6.45, 7) is 4.84. The molecule has 0 aliphatic heterocycles. The van der Waals surface area contributed by atoms with E-state index in [4.69, 9.17) is 9.05 Å². The van der Waals surface area contributed by atoms with Crippen LogP contribution in [0.5, 0.6) is 0 Å². The van der Waals surface area contributed by atoms with Gasteiger partial charge in [0.25, 0.3) is 0 Å². The van der Waals surface area contributed by atoms with Crippen LogP contribution in [0.15, 0.2) is 36.5 Å². The highest BCUT2D eigenvalue weighted by Gasteiger charge is 2.27. The van der Waals surface area contributed by atoms with Gasteiger partial charge in [-0.05, 0) is 51.4 Å². The Morgan fingerprint density at radius 3 is 1.22 bits per heavy atom. The standard InChI is InChI=1S/C58H113N2O6P/c1-6-8-10-12-14-16-18-20-22-23-24-25-26-27-28-29-30-31-32-33-34-35-36-37-38-40-42-44-46-48-50-52-58(62)59-56(55-66-67(63,64)65-54-53-60(3,4)5)57(61)51-49-47-45-43-41-39-21-19-17-15-13-11-9-7-2/h24-25,27-28,49,51,56-57,61H,6-23,26,29-48,50,52-55H2,1-5H3,(H-,59,62,63,64)/p+1/b25-24-,28-27-,51-49+. The first-order valence-electron chi connectivity index (χ1n) is 28.9. The summed E-state index contributed by atoms with van der Waals surface area (Å²) in [6.07, 6.45) is 63.9. The molecule has 0 rings (SSSR count). The second kappa shape index (κ2) is 49.7. The van der Waals surface area contributed by atoms with E-state index in [0.29, 0.717) is 17.4 Å². The van der Waals surface area contributed by atoms with Crippen LogP contribution in [0.3, 0.4) is 0 Å². The highest BCUT2D eigenvalue weighted by Crippen LogP contribution is 2.43. The quantitative estimate of drug-likeness (QED) is 0.0243. The number of rotatable bonds is 53. The molecular formula is C58H114N2O6P+. The van der Waals surface area contributed by atoms with Gasteiger partial charge >= 0.3 is 7.82 Å². The topological polar surface area (TPSA) is 105 Å². The van der Waals surface area contributed by atoms with Crippen molar-refractivity contribution in [2.75, 3.05) is 40.9 Å². The van der Waals surface area contributed by atoms with Crippen LogP contribution in [0.2, 0.25) is 0 Å². The maximum atomic E-state index is 13.0.